The van der Waals surface area contributed by atoms with Gasteiger partial charge in [-0.2, -0.15) is 0 Å². The van der Waals surface area contributed by atoms with Crippen LogP contribution in [0, 0.1) is 0 Å². The Morgan fingerprint density at radius 2 is 1.33 bits per heavy atom. The number of anilines is 3. The third kappa shape index (κ3) is 3.17. The zero-order valence-electron chi connectivity index (χ0n) is 10.7. The lowest BCUT2D eigenvalue weighted by molar-refractivity contribution is 0.340. The Labute approximate surface area is 108 Å². The Morgan fingerprint density at radius 3 is 1.83 bits per heavy atom. The molecular weight excluding hydrogens is 224 g/mol. The zero-order chi connectivity index (χ0) is 12.8. The maximum Gasteiger partial charge on any atom is 0.119 e. The first-order chi connectivity index (χ1) is 8.81. The van der Waals surface area contributed by atoms with E-state index in [1.807, 2.05) is 62.5 Å². The SMILES string of the molecule is CCOc1ccc(Nc2ccc(NC)cc2)cc1. The molecule has 0 atom stereocenters. The minimum Gasteiger partial charge on any atom is -0.494 e. The van der Waals surface area contributed by atoms with E-state index in [9.17, 15) is 0 Å². The average molecular weight is 242 g/mol. The van der Waals surface area contributed by atoms with Crippen molar-refractivity contribution < 1.29 is 4.74 Å². The van der Waals surface area contributed by atoms with Gasteiger partial charge in [0.15, 0.2) is 0 Å². The van der Waals surface area contributed by atoms with Crippen LogP contribution in [-0.2, 0) is 0 Å². The zero-order valence-corrected chi connectivity index (χ0v) is 10.7. The van der Waals surface area contributed by atoms with Crippen molar-refractivity contribution >= 4 is 17.1 Å². The van der Waals surface area contributed by atoms with Crippen LogP contribution in [0.3, 0.4) is 0 Å². The highest BCUT2D eigenvalue weighted by molar-refractivity contribution is 5.62. The van der Waals surface area contributed by atoms with Gasteiger partial charge in [-0.15, -0.1) is 0 Å². The topological polar surface area (TPSA) is 33.3 Å². The largest absolute Gasteiger partial charge is 0.494 e. The van der Waals surface area contributed by atoms with Gasteiger partial charge in [0.05, 0.1) is 6.61 Å². The van der Waals surface area contributed by atoms with Crippen LogP contribution < -0.4 is 15.4 Å². The molecule has 0 amide bonds. The van der Waals surface area contributed by atoms with Crippen LogP contribution in [0.5, 0.6) is 5.75 Å². The lowest BCUT2D eigenvalue weighted by Crippen LogP contribution is -1.93. The Bertz CT molecular complexity index is 477. The molecule has 0 aliphatic carbocycles. The molecule has 2 aromatic rings. The summed E-state index contributed by atoms with van der Waals surface area (Å²) in [4.78, 5) is 0. The lowest BCUT2D eigenvalue weighted by atomic mass is 10.2. The fourth-order valence-electron chi connectivity index (χ4n) is 1.69. The summed E-state index contributed by atoms with van der Waals surface area (Å²) < 4.78 is 5.41. The van der Waals surface area contributed by atoms with Crippen LogP contribution in [0.15, 0.2) is 48.5 Å². The molecule has 3 heteroatoms. The van der Waals surface area contributed by atoms with E-state index < -0.39 is 0 Å². The molecule has 2 N–H and O–H groups in total. The highest BCUT2D eigenvalue weighted by Gasteiger charge is 1.96. The number of ether oxygens (including phenoxy) is 1. The Morgan fingerprint density at radius 1 is 0.833 bits per heavy atom. The Balaban J connectivity index is 2.03. The first-order valence-corrected chi connectivity index (χ1v) is 6.09. The van der Waals surface area contributed by atoms with Crippen LogP contribution in [0.1, 0.15) is 6.92 Å². The molecule has 94 valence electrons. The molecule has 2 rings (SSSR count). The molecule has 0 aliphatic heterocycles. The molecule has 0 bridgehead atoms. The van der Waals surface area contributed by atoms with Crippen LogP contribution in [0.2, 0.25) is 0 Å². The van der Waals surface area contributed by atoms with Crippen molar-refractivity contribution in [1.29, 1.82) is 0 Å². The molecule has 0 saturated heterocycles. The van der Waals surface area contributed by atoms with Gasteiger partial charge in [0.2, 0.25) is 0 Å². The molecule has 0 spiro atoms. The Hall–Kier alpha value is -2.16. The summed E-state index contributed by atoms with van der Waals surface area (Å²) >= 11 is 0. The van der Waals surface area contributed by atoms with Crippen LogP contribution in [0.4, 0.5) is 17.1 Å². The summed E-state index contributed by atoms with van der Waals surface area (Å²) in [6.07, 6.45) is 0. The number of hydrogen-bond donors (Lipinski definition) is 2. The smallest absolute Gasteiger partial charge is 0.119 e. The molecule has 18 heavy (non-hydrogen) atoms. The molecule has 0 heterocycles. The maximum absolute atomic E-state index is 5.41. The number of rotatable bonds is 5. The van der Waals surface area contributed by atoms with Gasteiger partial charge in [-0.25, -0.2) is 0 Å². The fourth-order valence-corrected chi connectivity index (χ4v) is 1.69. The van der Waals surface area contributed by atoms with E-state index in [1.165, 1.54) is 0 Å². The van der Waals surface area contributed by atoms with E-state index in [2.05, 4.69) is 10.6 Å². The minimum absolute atomic E-state index is 0.693. The third-order valence-corrected chi connectivity index (χ3v) is 2.63. The van der Waals surface area contributed by atoms with E-state index in [1.54, 1.807) is 0 Å². The summed E-state index contributed by atoms with van der Waals surface area (Å²) in [5.74, 6) is 0.897. The predicted molar refractivity (Wildman–Crippen MR) is 76.9 cm³/mol. The van der Waals surface area contributed by atoms with Crippen molar-refractivity contribution in [3.05, 3.63) is 48.5 Å². The molecule has 0 aromatic heterocycles. The monoisotopic (exact) mass is 242 g/mol. The third-order valence-electron chi connectivity index (χ3n) is 2.63. The van der Waals surface area contributed by atoms with Crippen molar-refractivity contribution in [2.75, 3.05) is 24.3 Å². The van der Waals surface area contributed by atoms with Gasteiger partial charge < -0.3 is 15.4 Å². The molecule has 0 radical (unpaired) electrons. The fraction of sp³-hybridized carbons (Fsp3) is 0.200. The van der Waals surface area contributed by atoms with Crippen LogP contribution in [-0.4, -0.2) is 13.7 Å². The number of benzene rings is 2. The van der Waals surface area contributed by atoms with Gasteiger partial charge in [0.25, 0.3) is 0 Å². The molecular formula is C15H18N2O. The summed E-state index contributed by atoms with van der Waals surface area (Å²) in [7, 11) is 1.91. The number of hydrogen-bond acceptors (Lipinski definition) is 3. The second-order valence-electron chi connectivity index (χ2n) is 3.91. The summed E-state index contributed by atoms with van der Waals surface area (Å²) in [5.41, 5.74) is 3.22. The van der Waals surface area contributed by atoms with E-state index in [4.69, 9.17) is 4.74 Å². The van der Waals surface area contributed by atoms with E-state index >= 15 is 0 Å². The van der Waals surface area contributed by atoms with E-state index in [-0.39, 0.29) is 0 Å². The molecule has 3 nitrogen and oxygen atoms in total. The highest BCUT2D eigenvalue weighted by Crippen LogP contribution is 2.21. The average Bonchev–Trinajstić information content (AvgIpc) is 2.42. The van der Waals surface area contributed by atoms with Crippen LogP contribution in [0.25, 0.3) is 0 Å². The predicted octanol–water partition coefficient (Wildman–Crippen LogP) is 3.87. The van der Waals surface area contributed by atoms with E-state index in [0.717, 1.165) is 22.8 Å². The molecule has 2 aromatic carbocycles. The maximum atomic E-state index is 5.41. The van der Waals surface area contributed by atoms with Crippen LogP contribution >= 0.6 is 0 Å². The van der Waals surface area contributed by atoms with Crippen molar-refractivity contribution in [2.45, 2.75) is 6.92 Å². The lowest BCUT2D eigenvalue weighted by Gasteiger charge is -2.08. The van der Waals surface area contributed by atoms with Crippen molar-refractivity contribution in [2.24, 2.45) is 0 Å². The standard InChI is InChI=1S/C15H18N2O/c1-3-18-15-10-8-14(9-11-15)17-13-6-4-12(16-2)5-7-13/h4-11,16-17H,3H2,1-2H3. The van der Waals surface area contributed by atoms with Gasteiger partial charge in [-0.1, -0.05) is 0 Å². The summed E-state index contributed by atoms with van der Waals surface area (Å²) in [6, 6.07) is 16.1. The molecule has 0 aliphatic rings. The van der Waals surface area contributed by atoms with Gasteiger partial charge >= 0.3 is 0 Å². The molecule has 0 unspecified atom stereocenters. The first-order valence-electron chi connectivity index (χ1n) is 6.09. The highest BCUT2D eigenvalue weighted by atomic mass is 16.5. The van der Waals surface area contributed by atoms with Gasteiger partial charge in [-0.3, -0.25) is 0 Å². The van der Waals surface area contributed by atoms with Gasteiger partial charge in [0, 0.05) is 24.1 Å². The van der Waals surface area contributed by atoms with Crippen molar-refractivity contribution in [3.63, 3.8) is 0 Å². The summed E-state index contributed by atoms with van der Waals surface area (Å²) in [5, 5.41) is 6.44. The van der Waals surface area contributed by atoms with Crippen molar-refractivity contribution in [3.8, 4) is 5.75 Å². The first kappa shape index (κ1) is 12.3. The summed E-state index contributed by atoms with van der Waals surface area (Å²) in [6.45, 7) is 2.67. The second-order valence-corrected chi connectivity index (χ2v) is 3.91. The minimum atomic E-state index is 0.693. The molecule has 0 saturated carbocycles. The quantitative estimate of drug-likeness (QED) is 0.835. The number of nitrogens with one attached hydrogen (secondary N) is 2. The van der Waals surface area contributed by atoms with Gasteiger partial charge in [-0.05, 0) is 55.5 Å². The Kier molecular flexibility index (Phi) is 4.07. The molecule has 0 fully saturated rings. The van der Waals surface area contributed by atoms with Crippen molar-refractivity contribution in [1.82, 2.24) is 0 Å². The normalized spacial score (nSPS) is 9.89. The second kappa shape index (κ2) is 5.96. The van der Waals surface area contributed by atoms with E-state index in [0.29, 0.717) is 6.61 Å². The van der Waals surface area contributed by atoms with Gasteiger partial charge in [0.1, 0.15) is 5.75 Å².